The molecule has 168 valence electrons. The van der Waals surface area contributed by atoms with Gasteiger partial charge in [-0.2, -0.15) is 0 Å². The second kappa shape index (κ2) is 11.8. The lowest BCUT2D eigenvalue weighted by Gasteiger charge is -2.32. The Labute approximate surface area is 206 Å². The first-order chi connectivity index (χ1) is 14.7. The minimum Gasteiger partial charge on any atom is -0.356 e. The molecule has 1 atom stereocenters. The van der Waals surface area contributed by atoms with Gasteiger partial charge in [-0.05, 0) is 55.4 Å². The molecule has 2 N–H and O–H groups in total. The fourth-order valence-corrected chi connectivity index (χ4v) is 5.01. The third kappa shape index (κ3) is 6.66. The number of carbonyl (C=O) groups is 1. The molecule has 31 heavy (non-hydrogen) atoms. The molecule has 4 rings (SSSR count). The van der Waals surface area contributed by atoms with E-state index in [9.17, 15) is 4.79 Å². The standard InChI is InChI=1S/C23H31N5OS.HI/c1-24-23(26-19-14-22(29)28(16-19)20-6-3-2-4-7-20)25-15-18-9-11-27(12-10-18)17-21-8-5-13-30-21;/h2-8,13,18-19H,9-12,14-17H2,1H3,(H2,24,25,26);1H. The second-order valence-corrected chi connectivity index (χ2v) is 9.17. The van der Waals surface area contributed by atoms with Crippen LogP contribution in [0.4, 0.5) is 5.69 Å². The van der Waals surface area contributed by atoms with E-state index >= 15 is 0 Å². The zero-order valence-electron chi connectivity index (χ0n) is 18.0. The van der Waals surface area contributed by atoms with Gasteiger partial charge < -0.3 is 15.5 Å². The Morgan fingerprint density at radius 1 is 1.16 bits per heavy atom. The highest BCUT2D eigenvalue weighted by Gasteiger charge is 2.31. The van der Waals surface area contributed by atoms with E-state index in [0.29, 0.717) is 18.9 Å². The SMILES string of the molecule is CN=C(NCC1CCN(Cc2cccs2)CC1)NC1CC(=O)N(c2ccccc2)C1.I. The van der Waals surface area contributed by atoms with Crippen molar-refractivity contribution in [3.8, 4) is 0 Å². The van der Waals surface area contributed by atoms with Crippen LogP contribution in [-0.4, -0.2) is 56.0 Å². The number of nitrogens with one attached hydrogen (secondary N) is 2. The Morgan fingerprint density at radius 2 is 1.94 bits per heavy atom. The summed E-state index contributed by atoms with van der Waals surface area (Å²) in [5, 5.41) is 9.08. The molecule has 2 aliphatic rings. The molecule has 8 heteroatoms. The number of piperidine rings is 1. The predicted molar refractivity (Wildman–Crippen MR) is 139 cm³/mol. The highest BCUT2D eigenvalue weighted by molar-refractivity contribution is 14.0. The van der Waals surface area contributed by atoms with Gasteiger partial charge in [0.05, 0.1) is 6.04 Å². The van der Waals surface area contributed by atoms with Crippen LogP contribution < -0.4 is 15.5 Å². The number of guanidine groups is 1. The number of amides is 1. The Morgan fingerprint density at radius 3 is 2.61 bits per heavy atom. The van der Waals surface area contributed by atoms with Crippen molar-refractivity contribution in [1.29, 1.82) is 0 Å². The van der Waals surface area contributed by atoms with E-state index in [0.717, 1.165) is 37.8 Å². The van der Waals surface area contributed by atoms with Crippen LogP contribution in [0.1, 0.15) is 24.1 Å². The van der Waals surface area contributed by atoms with Crippen molar-refractivity contribution in [2.24, 2.45) is 10.9 Å². The summed E-state index contributed by atoms with van der Waals surface area (Å²) in [6, 6.07) is 14.3. The number of thiophene rings is 1. The summed E-state index contributed by atoms with van der Waals surface area (Å²) in [6.45, 7) is 4.98. The predicted octanol–water partition coefficient (Wildman–Crippen LogP) is 3.55. The fraction of sp³-hybridized carbons (Fsp3) is 0.478. The van der Waals surface area contributed by atoms with Crippen molar-refractivity contribution < 1.29 is 4.79 Å². The Bertz CT molecular complexity index is 837. The number of aliphatic imine (C=N–C) groups is 1. The first kappa shape index (κ1) is 24.0. The fourth-order valence-electron chi connectivity index (χ4n) is 4.26. The number of nitrogens with zero attached hydrogens (tertiary/aromatic N) is 3. The van der Waals surface area contributed by atoms with Gasteiger partial charge in [-0.15, -0.1) is 35.3 Å². The molecule has 1 aromatic carbocycles. The van der Waals surface area contributed by atoms with Crippen LogP contribution in [0.5, 0.6) is 0 Å². The molecule has 2 aromatic rings. The van der Waals surface area contributed by atoms with Crippen LogP contribution in [0.15, 0.2) is 52.8 Å². The van der Waals surface area contributed by atoms with Crippen LogP contribution in [0, 0.1) is 5.92 Å². The van der Waals surface area contributed by atoms with E-state index in [2.05, 4.69) is 38.0 Å². The van der Waals surface area contributed by atoms with Gasteiger partial charge in [0.25, 0.3) is 0 Å². The van der Waals surface area contributed by atoms with Gasteiger partial charge in [0, 0.05) is 43.7 Å². The zero-order valence-corrected chi connectivity index (χ0v) is 21.1. The Balaban J connectivity index is 0.00000272. The van der Waals surface area contributed by atoms with Crippen LogP contribution in [0.3, 0.4) is 0 Å². The van der Waals surface area contributed by atoms with Gasteiger partial charge in [0.15, 0.2) is 5.96 Å². The summed E-state index contributed by atoms with van der Waals surface area (Å²) in [6.07, 6.45) is 2.91. The first-order valence-electron chi connectivity index (χ1n) is 10.8. The molecule has 2 aliphatic heterocycles. The summed E-state index contributed by atoms with van der Waals surface area (Å²) in [4.78, 5) is 22.7. The van der Waals surface area contributed by atoms with E-state index in [1.54, 1.807) is 7.05 Å². The van der Waals surface area contributed by atoms with Crippen molar-refractivity contribution in [3.05, 3.63) is 52.7 Å². The van der Waals surface area contributed by atoms with E-state index < -0.39 is 0 Å². The third-order valence-electron chi connectivity index (χ3n) is 5.98. The summed E-state index contributed by atoms with van der Waals surface area (Å²) in [5.74, 6) is 1.62. The Hall–Kier alpha value is -1.65. The molecule has 1 amide bonds. The first-order valence-corrected chi connectivity index (χ1v) is 11.7. The molecule has 1 unspecified atom stereocenters. The van der Waals surface area contributed by atoms with Crippen LogP contribution in [0.25, 0.3) is 0 Å². The van der Waals surface area contributed by atoms with Crippen LogP contribution in [0.2, 0.25) is 0 Å². The van der Waals surface area contributed by atoms with Gasteiger partial charge in [-0.1, -0.05) is 24.3 Å². The van der Waals surface area contributed by atoms with Crippen molar-refractivity contribution in [2.75, 3.05) is 38.1 Å². The topological polar surface area (TPSA) is 60.0 Å². The number of hydrogen-bond acceptors (Lipinski definition) is 4. The number of para-hydroxylation sites is 1. The van der Waals surface area contributed by atoms with Gasteiger partial charge >= 0.3 is 0 Å². The highest BCUT2D eigenvalue weighted by Crippen LogP contribution is 2.22. The lowest BCUT2D eigenvalue weighted by Crippen LogP contribution is -2.47. The number of anilines is 1. The summed E-state index contributed by atoms with van der Waals surface area (Å²) in [5.41, 5.74) is 0.962. The maximum atomic E-state index is 12.4. The van der Waals surface area contributed by atoms with Gasteiger partial charge in [0.1, 0.15) is 0 Å². The van der Waals surface area contributed by atoms with Crippen molar-refractivity contribution in [3.63, 3.8) is 0 Å². The number of hydrogen-bond donors (Lipinski definition) is 2. The number of rotatable bonds is 6. The molecule has 0 saturated carbocycles. The maximum absolute atomic E-state index is 12.4. The third-order valence-corrected chi connectivity index (χ3v) is 6.84. The van der Waals surface area contributed by atoms with Crippen molar-refractivity contribution in [1.82, 2.24) is 15.5 Å². The second-order valence-electron chi connectivity index (χ2n) is 8.14. The minimum absolute atomic E-state index is 0. The molecular weight excluding hydrogens is 521 g/mol. The minimum atomic E-state index is 0. The average molecular weight is 554 g/mol. The van der Waals surface area contributed by atoms with E-state index in [4.69, 9.17) is 0 Å². The molecule has 0 radical (unpaired) electrons. The molecular formula is C23H32IN5OS. The van der Waals surface area contributed by atoms with E-state index in [-0.39, 0.29) is 35.9 Å². The molecule has 6 nitrogen and oxygen atoms in total. The monoisotopic (exact) mass is 553 g/mol. The quantitative estimate of drug-likeness (QED) is 0.327. The molecule has 2 fully saturated rings. The largest absolute Gasteiger partial charge is 0.356 e. The number of carbonyl (C=O) groups excluding carboxylic acids is 1. The number of halogens is 1. The highest BCUT2D eigenvalue weighted by atomic mass is 127. The maximum Gasteiger partial charge on any atom is 0.229 e. The van der Waals surface area contributed by atoms with Crippen molar-refractivity contribution in [2.45, 2.75) is 31.8 Å². The summed E-state index contributed by atoms with van der Waals surface area (Å²) in [7, 11) is 1.80. The molecule has 3 heterocycles. The molecule has 1 aromatic heterocycles. The lowest BCUT2D eigenvalue weighted by molar-refractivity contribution is -0.117. The normalized spacial score (nSPS) is 20.5. The number of benzene rings is 1. The Kier molecular flexibility index (Phi) is 9.15. The molecule has 2 saturated heterocycles. The summed E-state index contributed by atoms with van der Waals surface area (Å²) < 4.78 is 0. The van der Waals surface area contributed by atoms with Crippen LogP contribution in [-0.2, 0) is 11.3 Å². The van der Waals surface area contributed by atoms with E-state index in [1.165, 1.54) is 17.7 Å². The van der Waals surface area contributed by atoms with Crippen molar-refractivity contribution >= 4 is 52.9 Å². The van der Waals surface area contributed by atoms with Gasteiger partial charge in [0.2, 0.25) is 5.91 Å². The lowest BCUT2D eigenvalue weighted by atomic mass is 9.97. The van der Waals surface area contributed by atoms with Gasteiger partial charge in [-0.3, -0.25) is 14.7 Å². The molecule has 0 bridgehead atoms. The zero-order chi connectivity index (χ0) is 20.8. The smallest absolute Gasteiger partial charge is 0.229 e. The van der Waals surface area contributed by atoms with Gasteiger partial charge in [-0.25, -0.2) is 0 Å². The number of likely N-dealkylation sites (tertiary alicyclic amines) is 1. The molecule has 0 aliphatic carbocycles. The van der Waals surface area contributed by atoms with E-state index in [1.807, 2.05) is 46.6 Å². The molecule has 0 spiro atoms. The summed E-state index contributed by atoms with van der Waals surface area (Å²) >= 11 is 1.84. The van der Waals surface area contributed by atoms with Crippen LogP contribution >= 0.6 is 35.3 Å². The average Bonchev–Trinajstić information content (AvgIpc) is 3.42.